The van der Waals surface area contributed by atoms with Gasteiger partial charge in [-0.25, -0.2) is 4.99 Å². The molecule has 0 saturated carbocycles. The van der Waals surface area contributed by atoms with Crippen molar-refractivity contribution in [1.82, 2.24) is 0 Å². The first-order valence-electron chi connectivity index (χ1n) is 8.95. The van der Waals surface area contributed by atoms with Gasteiger partial charge in [0.1, 0.15) is 11.5 Å². The Labute approximate surface area is 167 Å². The van der Waals surface area contributed by atoms with Crippen molar-refractivity contribution in [3.05, 3.63) is 89.4 Å². The van der Waals surface area contributed by atoms with Crippen molar-refractivity contribution in [2.45, 2.75) is 0 Å². The molecule has 0 aliphatic carbocycles. The zero-order valence-electron chi connectivity index (χ0n) is 15.1. The molecule has 0 atom stereocenters. The molecule has 1 aliphatic rings. The van der Waals surface area contributed by atoms with Crippen LogP contribution < -0.4 is 9.47 Å². The van der Waals surface area contributed by atoms with Crippen molar-refractivity contribution in [2.24, 2.45) is 4.99 Å². The lowest BCUT2D eigenvalue weighted by atomic mass is 9.95. The number of nitrogens with zero attached hydrogens (tertiary/aromatic N) is 1. The first-order valence-corrected chi connectivity index (χ1v) is 9.33. The minimum Gasteiger partial charge on any atom is -0.497 e. The fraction of sp³-hybridized carbons (Fsp3) is 0.0417. The molecule has 0 radical (unpaired) electrons. The van der Waals surface area contributed by atoms with Gasteiger partial charge in [0.25, 0.3) is 0 Å². The van der Waals surface area contributed by atoms with Crippen LogP contribution in [0.25, 0.3) is 21.9 Å². The summed E-state index contributed by atoms with van der Waals surface area (Å²) in [6.07, 6.45) is 0. The highest BCUT2D eigenvalue weighted by Gasteiger charge is 2.21. The molecule has 4 heteroatoms. The molecule has 0 amide bonds. The van der Waals surface area contributed by atoms with Crippen molar-refractivity contribution in [3.63, 3.8) is 0 Å². The molecule has 28 heavy (non-hydrogen) atoms. The third-order valence-corrected chi connectivity index (χ3v) is 5.13. The predicted molar refractivity (Wildman–Crippen MR) is 114 cm³/mol. The minimum atomic E-state index is 0.546. The number of benzene rings is 4. The molecule has 5 rings (SSSR count). The van der Waals surface area contributed by atoms with Crippen LogP contribution in [0.3, 0.4) is 0 Å². The third-order valence-electron chi connectivity index (χ3n) is 4.88. The van der Waals surface area contributed by atoms with Gasteiger partial charge in [0.15, 0.2) is 0 Å². The van der Waals surface area contributed by atoms with Crippen LogP contribution in [0, 0.1) is 0 Å². The average Bonchev–Trinajstić information content (AvgIpc) is 2.91. The van der Waals surface area contributed by atoms with Crippen molar-refractivity contribution < 1.29 is 9.47 Å². The number of halogens is 1. The third kappa shape index (κ3) is 2.81. The van der Waals surface area contributed by atoms with E-state index in [0.717, 1.165) is 44.6 Å². The Morgan fingerprint density at radius 1 is 0.893 bits per heavy atom. The standard InChI is InChI=1S/C24H16ClNO2/c1-27-18-12-8-15-9-13-21-23(20(15)14-18)19-4-2-3-5-22(19)28-24(26-21)16-6-10-17(25)11-7-16/h2-14H,1H3. The van der Waals surface area contributed by atoms with Crippen LogP contribution in [0.15, 0.2) is 83.9 Å². The van der Waals surface area contributed by atoms with Gasteiger partial charge in [-0.05, 0) is 59.3 Å². The number of methoxy groups -OCH3 is 1. The molecular formula is C24H16ClNO2. The average molecular weight is 386 g/mol. The Balaban J connectivity index is 1.82. The van der Waals surface area contributed by atoms with Crippen LogP contribution in [0.2, 0.25) is 5.02 Å². The number of hydrogen-bond donors (Lipinski definition) is 0. The van der Waals surface area contributed by atoms with Crippen molar-refractivity contribution in [2.75, 3.05) is 7.11 Å². The summed E-state index contributed by atoms with van der Waals surface area (Å²) in [5.74, 6) is 2.13. The quantitative estimate of drug-likeness (QED) is 0.387. The summed E-state index contributed by atoms with van der Waals surface area (Å²) in [6, 6.07) is 25.7. The Kier molecular flexibility index (Phi) is 4.03. The Morgan fingerprint density at radius 3 is 2.50 bits per heavy atom. The number of ether oxygens (including phenoxy) is 2. The molecule has 0 N–H and O–H groups in total. The van der Waals surface area contributed by atoms with Crippen molar-refractivity contribution >= 4 is 34.0 Å². The highest BCUT2D eigenvalue weighted by atomic mass is 35.5. The normalized spacial score (nSPS) is 12.4. The van der Waals surface area contributed by atoms with Crippen LogP contribution >= 0.6 is 11.6 Å². The van der Waals surface area contributed by atoms with Crippen LogP contribution in [-0.4, -0.2) is 13.0 Å². The number of hydrogen-bond acceptors (Lipinski definition) is 3. The van der Waals surface area contributed by atoms with Crippen LogP contribution in [0.4, 0.5) is 5.69 Å². The lowest BCUT2D eigenvalue weighted by Gasteiger charge is -2.12. The van der Waals surface area contributed by atoms with E-state index in [9.17, 15) is 0 Å². The molecule has 0 saturated heterocycles. The highest BCUT2D eigenvalue weighted by Crippen LogP contribution is 2.44. The first kappa shape index (κ1) is 16.8. The van der Waals surface area contributed by atoms with Gasteiger partial charge >= 0.3 is 0 Å². The molecule has 0 spiro atoms. The Hall–Kier alpha value is -3.30. The van der Waals surface area contributed by atoms with E-state index < -0.39 is 0 Å². The fourth-order valence-electron chi connectivity index (χ4n) is 3.50. The van der Waals surface area contributed by atoms with Gasteiger partial charge in [-0.2, -0.15) is 0 Å². The molecule has 4 aromatic rings. The van der Waals surface area contributed by atoms with E-state index >= 15 is 0 Å². The van der Waals surface area contributed by atoms with E-state index in [0.29, 0.717) is 10.9 Å². The topological polar surface area (TPSA) is 30.8 Å². The molecular weight excluding hydrogens is 370 g/mol. The maximum atomic E-state index is 6.25. The molecule has 0 aromatic heterocycles. The number of fused-ring (bicyclic) bond motifs is 5. The second-order valence-corrected chi connectivity index (χ2v) is 7.01. The molecule has 0 fully saturated rings. The Bertz CT molecular complexity index is 1230. The van der Waals surface area contributed by atoms with Crippen molar-refractivity contribution in [1.29, 1.82) is 0 Å². The van der Waals surface area contributed by atoms with Crippen LogP contribution in [0.1, 0.15) is 5.56 Å². The van der Waals surface area contributed by atoms with E-state index in [4.69, 9.17) is 26.1 Å². The van der Waals surface area contributed by atoms with Gasteiger partial charge in [-0.1, -0.05) is 41.9 Å². The molecule has 0 unspecified atom stereocenters. The van der Waals surface area contributed by atoms with Gasteiger partial charge < -0.3 is 9.47 Å². The van der Waals surface area contributed by atoms with E-state index in [1.54, 1.807) is 7.11 Å². The minimum absolute atomic E-state index is 0.546. The van der Waals surface area contributed by atoms with E-state index in [2.05, 4.69) is 18.2 Å². The monoisotopic (exact) mass is 385 g/mol. The second kappa shape index (κ2) is 6.70. The summed E-state index contributed by atoms with van der Waals surface area (Å²) in [5.41, 5.74) is 3.77. The van der Waals surface area contributed by atoms with E-state index in [-0.39, 0.29) is 0 Å². The molecule has 4 aromatic carbocycles. The zero-order chi connectivity index (χ0) is 19.1. The zero-order valence-corrected chi connectivity index (χ0v) is 15.9. The molecule has 0 bridgehead atoms. The lowest BCUT2D eigenvalue weighted by molar-refractivity contribution is 0.415. The summed E-state index contributed by atoms with van der Waals surface area (Å²) in [5, 5.41) is 2.88. The first-order chi connectivity index (χ1) is 13.7. The smallest absolute Gasteiger partial charge is 0.227 e. The largest absolute Gasteiger partial charge is 0.497 e. The molecule has 3 nitrogen and oxygen atoms in total. The highest BCUT2D eigenvalue weighted by molar-refractivity contribution is 6.30. The maximum absolute atomic E-state index is 6.25. The van der Waals surface area contributed by atoms with Crippen LogP contribution in [-0.2, 0) is 0 Å². The SMILES string of the molecule is COc1ccc2ccc3c(c2c1)-c1ccccc1OC(c1ccc(Cl)cc1)=N3. The van der Waals surface area contributed by atoms with Gasteiger partial charge in [0.2, 0.25) is 5.90 Å². The number of rotatable bonds is 2. The van der Waals surface area contributed by atoms with E-state index in [1.807, 2.05) is 60.7 Å². The summed E-state index contributed by atoms with van der Waals surface area (Å²) >= 11 is 6.05. The number of para-hydroxylation sites is 1. The lowest BCUT2D eigenvalue weighted by Crippen LogP contribution is -2.09. The van der Waals surface area contributed by atoms with Crippen LogP contribution in [0.5, 0.6) is 11.5 Å². The van der Waals surface area contributed by atoms with Gasteiger partial charge in [-0.3, -0.25) is 0 Å². The molecule has 1 aliphatic heterocycles. The van der Waals surface area contributed by atoms with Gasteiger partial charge in [0, 0.05) is 21.7 Å². The van der Waals surface area contributed by atoms with Crippen molar-refractivity contribution in [3.8, 4) is 22.6 Å². The predicted octanol–water partition coefficient (Wildman–Crippen LogP) is 6.64. The second-order valence-electron chi connectivity index (χ2n) is 6.57. The summed E-state index contributed by atoms with van der Waals surface area (Å²) in [6.45, 7) is 0. The fourth-order valence-corrected chi connectivity index (χ4v) is 3.63. The van der Waals surface area contributed by atoms with E-state index in [1.165, 1.54) is 0 Å². The van der Waals surface area contributed by atoms with Gasteiger partial charge in [0.05, 0.1) is 12.8 Å². The maximum Gasteiger partial charge on any atom is 0.227 e. The number of aliphatic imine (C=N–C) groups is 1. The summed E-state index contributed by atoms with van der Waals surface area (Å²) in [7, 11) is 1.68. The Morgan fingerprint density at radius 2 is 1.68 bits per heavy atom. The van der Waals surface area contributed by atoms with Gasteiger partial charge in [-0.15, -0.1) is 0 Å². The summed E-state index contributed by atoms with van der Waals surface area (Å²) < 4.78 is 11.7. The molecule has 1 heterocycles. The summed E-state index contributed by atoms with van der Waals surface area (Å²) in [4.78, 5) is 4.87. The molecule has 136 valence electrons.